The van der Waals surface area contributed by atoms with Gasteiger partial charge in [-0.3, -0.25) is 9.89 Å². The quantitative estimate of drug-likeness (QED) is 0.668. The number of ether oxygens (including phenoxy) is 2. The first-order chi connectivity index (χ1) is 15.7. The summed E-state index contributed by atoms with van der Waals surface area (Å²) in [7, 11) is 3.35. The highest BCUT2D eigenvalue weighted by molar-refractivity contribution is 6.12. The molecule has 32 heavy (non-hydrogen) atoms. The number of amidine groups is 1. The second kappa shape index (κ2) is 8.04. The third kappa shape index (κ3) is 3.19. The fraction of sp³-hybridized carbons (Fsp3) is 0.231. The number of nitrogens with zero attached hydrogens (tertiary/aromatic N) is 3. The Labute approximate surface area is 188 Å². The number of guanidine groups is 1. The van der Waals surface area contributed by atoms with Gasteiger partial charge in [0.2, 0.25) is 0 Å². The summed E-state index contributed by atoms with van der Waals surface area (Å²) < 4.78 is 11.0. The van der Waals surface area contributed by atoms with E-state index in [-0.39, 0.29) is 0 Å². The second-order valence-electron chi connectivity index (χ2n) is 7.94. The molecule has 2 aliphatic rings. The van der Waals surface area contributed by atoms with Crippen molar-refractivity contribution in [1.29, 1.82) is 0 Å². The first-order valence-electron chi connectivity index (χ1n) is 10.7. The van der Waals surface area contributed by atoms with E-state index in [0.29, 0.717) is 5.96 Å². The zero-order chi connectivity index (χ0) is 22.1. The van der Waals surface area contributed by atoms with Crippen molar-refractivity contribution < 1.29 is 9.47 Å². The molecule has 0 saturated carbocycles. The summed E-state index contributed by atoms with van der Waals surface area (Å²) in [6, 6.07) is 24.5. The Morgan fingerprint density at radius 2 is 1.47 bits per heavy atom. The van der Waals surface area contributed by atoms with Gasteiger partial charge in [-0.1, -0.05) is 42.5 Å². The molecule has 162 valence electrons. The van der Waals surface area contributed by atoms with Crippen molar-refractivity contribution >= 4 is 11.8 Å². The molecule has 5 rings (SSSR count). The normalized spacial score (nSPS) is 19.8. The predicted octanol–water partition coefficient (Wildman–Crippen LogP) is 4.05. The minimum atomic E-state index is -0.825. The fourth-order valence-electron chi connectivity index (χ4n) is 4.55. The highest BCUT2D eigenvalue weighted by Gasteiger charge is 2.49. The summed E-state index contributed by atoms with van der Waals surface area (Å²) in [5.74, 6) is 2.96. The molecule has 2 aliphatic heterocycles. The van der Waals surface area contributed by atoms with Crippen LogP contribution in [0.25, 0.3) is 11.1 Å². The number of aliphatic imine (C=N–C) groups is 2. The molecule has 6 heteroatoms. The average molecular weight is 427 g/mol. The molecular weight excluding hydrogens is 400 g/mol. The molecule has 1 unspecified atom stereocenters. The first-order valence-corrected chi connectivity index (χ1v) is 10.7. The van der Waals surface area contributed by atoms with Crippen LogP contribution in [0.4, 0.5) is 0 Å². The predicted molar refractivity (Wildman–Crippen MR) is 127 cm³/mol. The van der Waals surface area contributed by atoms with Gasteiger partial charge in [-0.25, -0.2) is 4.99 Å². The van der Waals surface area contributed by atoms with Gasteiger partial charge in [-0.2, -0.15) is 0 Å². The van der Waals surface area contributed by atoms with E-state index >= 15 is 0 Å². The van der Waals surface area contributed by atoms with Crippen LogP contribution in [0.15, 0.2) is 82.8 Å². The van der Waals surface area contributed by atoms with Crippen molar-refractivity contribution in [1.82, 2.24) is 4.90 Å². The van der Waals surface area contributed by atoms with Crippen molar-refractivity contribution in [3.05, 3.63) is 83.9 Å². The van der Waals surface area contributed by atoms with Gasteiger partial charge in [-0.15, -0.1) is 0 Å². The Morgan fingerprint density at radius 3 is 2.22 bits per heavy atom. The van der Waals surface area contributed by atoms with Crippen LogP contribution < -0.4 is 15.2 Å². The van der Waals surface area contributed by atoms with Gasteiger partial charge in [0, 0.05) is 13.1 Å². The lowest BCUT2D eigenvalue weighted by atomic mass is 9.81. The number of nitrogens with two attached hydrogens (primary N) is 1. The summed E-state index contributed by atoms with van der Waals surface area (Å²) in [6.07, 6.45) is 0.956. The van der Waals surface area contributed by atoms with Crippen molar-refractivity contribution in [3.63, 3.8) is 0 Å². The number of rotatable bonds is 5. The number of benzene rings is 3. The molecule has 0 aromatic heterocycles. The van der Waals surface area contributed by atoms with Gasteiger partial charge >= 0.3 is 0 Å². The topological polar surface area (TPSA) is 72.4 Å². The first kappa shape index (κ1) is 20.1. The standard InChI is InChI=1S/C26H26N4O2/c1-31-22-11-4-8-19(16-22)18-7-3-9-20(15-18)26(21-10-5-12-23(17-21)32-2)24-28-13-6-14-30(24)25(27)29-26/h3-5,7-12,15-17H,6,13-14H2,1-2H3,(H2,27,29). The lowest BCUT2D eigenvalue weighted by Crippen LogP contribution is -2.46. The molecule has 0 fully saturated rings. The smallest absolute Gasteiger partial charge is 0.198 e. The minimum Gasteiger partial charge on any atom is -0.497 e. The summed E-state index contributed by atoms with van der Waals surface area (Å²) in [6.45, 7) is 1.57. The van der Waals surface area contributed by atoms with Crippen molar-refractivity contribution in [2.75, 3.05) is 27.3 Å². The molecule has 0 aliphatic carbocycles. The third-order valence-electron chi connectivity index (χ3n) is 6.11. The Kier molecular flexibility index (Phi) is 5.05. The molecule has 0 radical (unpaired) electrons. The van der Waals surface area contributed by atoms with Crippen LogP contribution >= 0.6 is 0 Å². The maximum Gasteiger partial charge on any atom is 0.198 e. The van der Waals surface area contributed by atoms with E-state index in [4.69, 9.17) is 25.2 Å². The van der Waals surface area contributed by atoms with Crippen LogP contribution in [-0.4, -0.2) is 44.0 Å². The molecule has 2 heterocycles. The summed E-state index contributed by atoms with van der Waals surface area (Å²) >= 11 is 0. The molecule has 2 N–H and O–H groups in total. The lowest BCUT2D eigenvalue weighted by Gasteiger charge is -2.33. The molecule has 0 saturated heterocycles. The van der Waals surface area contributed by atoms with Gasteiger partial charge < -0.3 is 15.2 Å². The SMILES string of the molecule is COc1cccc(-c2cccc(C3(c4cccc(OC)c4)N=C(N)N4CCCN=C43)c2)c1. The number of methoxy groups -OCH3 is 2. The summed E-state index contributed by atoms with van der Waals surface area (Å²) in [5, 5.41) is 0. The third-order valence-corrected chi connectivity index (χ3v) is 6.11. The summed E-state index contributed by atoms with van der Waals surface area (Å²) in [4.78, 5) is 12.0. The molecule has 0 amide bonds. The van der Waals surface area contributed by atoms with Gasteiger partial charge in [0.1, 0.15) is 17.3 Å². The zero-order valence-electron chi connectivity index (χ0n) is 18.3. The molecular formula is C26H26N4O2. The maximum atomic E-state index is 6.44. The van der Waals surface area contributed by atoms with Gasteiger partial charge in [0.15, 0.2) is 11.5 Å². The molecule has 3 aromatic carbocycles. The van der Waals surface area contributed by atoms with E-state index in [9.17, 15) is 0 Å². The Balaban J connectivity index is 1.73. The minimum absolute atomic E-state index is 0.498. The second-order valence-corrected chi connectivity index (χ2v) is 7.94. The Hall–Kier alpha value is -3.80. The van der Waals surface area contributed by atoms with E-state index < -0.39 is 5.54 Å². The molecule has 0 spiro atoms. The van der Waals surface area contributed by atoms with E-state index in [1.165, 1.54) is 0 Å². The van der Waals surface area contributed by atoms with Crippen LogP contribution in [0, 0.1) is 0 Å². The highest BCUT2D eigenvalue weighted by Crippen LogP contribution is 2.43. The highest BCUT2D eigenvalue weighted by atomic mass is 16.5. The number of hydrogen-bond donors (Lipinski definition) is 1. The zero-order valence-corrected chi connectivity index (χ0v) is 18.3. The van der Waals surface area contributed by atoms with Crippen LogP contribution in [0.1, 0.15) is 17.5 Å². The Bertz CT molecular complexity index is 1220. The molecule has 3 aromatic rings. The van der Waals surface area contributed by atoms with E-state index in [1.807, 2.05) is 41.3 Å². The molecule has 6 nitrogen and oxygen atoms in total. The van der Waals surface area contributed by atoms with Gasteiger partial charge in [-0.05, 0) is 59.0 Å². The van der Waals surface area contributed by atoms with Crippen molar-refractivity contribution in [3.8, 4) is 22.6 Å². The number of fused-ring (bicyclic) bond motifs is 1. The van der Waals surface area contributed by atoms with Crippen molar-refractivity contribution in [2.24, 2.45) is 15.7 Å². The molecule has 1 atom stereocenters. The Morgan fingerprint density at radius 1 is 0.844 bits per heavy atom. The fourth-order valence-corrected chi connectivity index (χ4v) is 4.55. The lowest BCUT2D eigenvalue weighted by molar-refractivity contribution is 0.413. The maximum absolute atomic E-state index is 6.44. The molecule has 0 bridgehead atoms. The van der Waals surface area contributed by atoms with E-state index in [0.717, 1.165) is 59.1 Å². The van der Waals surface area contributed by atoms with Crippen LogP contribution in [0.5, 0.6) is 11.5 Å². The summed E-state index contributed by atoms with van der Waals surface area (Å²) in [5.41, 5.74) is 9.76. The van der Waals surface area contributed by atoms with E-state index in [1.54, 1.807) is 14.2 Å². The van der Waals surface area contributed by atoms with Gasteiger partial charge in [0.05, 0.1) is 14.2 Å². The van der Waals surface area contributed by atoms with Gasteiger partial charge in [0.25, 0.3) is 0 Å². The number of hydrogen-bond acceptors (Lipinski definition) is 6. The van der Waals surface area contributed by atoms with Crippen molar-refractivity contribution in [2.45, 2.75) is 12.0 Å². The monoisotopic (exact) mass is 426 g/mol. The average Bonchev–Trinajstić information content (AvgIpc) is 3.18. The van der Waals surface area contributed by atoms with Crippen LogP contribution in [0.3, 0.4) is 0 Å². The van der Waals surface area contributed by atoms with Crippen LogP contribution in [0.2, 0.25) is 0 Å². The van der Waals surface area contributed by atoms with E-state index in [2.05, 4.69) is 36.4 Å². The van der Waals surface area contributed by atoms with Crippen LogP contribution in [-0.2, 0) is 5.54 Å². The largest absolute Gasteiger partial charge is 0.497 e.